The fraction of sp³-hybridized carbons (Fsp3) is 0.150. The third kappa shape index (κ3) is 4.80. The molecule has 0 saturated carbocycles. The summed E-state index contributed by atoms with van der Waals surface area (Å²) in [5.74, 6) is -1.43. The van der Waals surface area contributed by atoms with Gasteiger partial charge in [0, 0.05) is 24.4 Å². The molecule has 7 heteroatoms. The molecule has 1 amide bonds. The third-order valence-electron chi connectivity index (χ3n) is 3.84. The van der Waals surface area contributed by atoms with Gasteiger partial charge in [-0.25, -0.2) is 5.48 Å². The molecular weight excluding hydrogens is 348 g/mol. The molecule has 0 unspecified atom stereocenters. The van der Waals surface area contributed by atoms with E-state index in [0.717, 1.165) is 0 Å². The molecule has 0 fully saturated rings. The van der Waals surface area contributed by atoms with Crippen LogP contribution in [0.4, 0.5) is 0 Å². The van der Waals surface area contributed by atoms with Gasteiger partial charge in [-0.05, 0) is 30.7 Å². The highest BCUT2D eigenvalue weighted by Gasteiger charge is 2.16. The number of carbonyl (C=O) groups excluding carboxylic acids is 2. The first-order valence-corrected chi connectivity index (χ1v) is 8.10. The molecule has 0 aliphatic heterocycles. The zero-order valence-corrected chi connectivity index (χ0v) is 15.1. The summed E-state index contributed by atoms with van der Waals surface area (Å²) in [6.07, 6.45) is 4.13. The first kappa shape index (κ1) is 19.9. The van der Waals surface area contributed by atoms with Crippen molar-refractivity contribution in [2.75, 3.05) is 6.61 Å². The summed E-state index contributed by atoms with van der Waals surface area (Å²) in [5, 5.41) is 9.94. The van der Waals surface area contributed by atoms with Gasteiger partial charge in [-0.2, -0.15) is 0 Å². The number of aryl methyl sites for hydroxylation is 1. The van der Waals surface area contributed by atoms with Crippen molar-refractivity contribution in [3.63, 3.8) is 0 Å². The van der Waals surface area contributed by atoms with Crippen LogP contribution in [-0.4, -0.2) is 28.0 Å². The van der Waals surface area contributed by atoms with Gasteiger partial charge >= 0.3 is 0 Å². The molecule has 0 spiro atoms. The van der Waals surface area contributed by atoms with Crippen LogP contribution in [0.5, 0.6) is 5.75 Å². The number of pyridine rings is 1. The molecule has 1 heterocycles. The van der Waals surface area contributed by atoms with Gasteiger partial charge in [-0.3, -0.25) is 19.2 Å². The van der Waals surface area contributed by atoms with E-state index in [-0.39, 0.29) is 17.9 Å². The number of aromatic hydroxyl groups is 1. The Hall–Kier alpha value is -3.45. The maximum Gasteiger partial charge on any atom is 0.274 e. The molecule has 1 aromatic carbocycles. The average molecular weight is 368 g/mol. The van der Waals surface area contributed by atoms with Crippen LogP contribution < -0.4 is 11.0 Å². The van der Waals surface area contributed by atoms with E-state index in [4.69, 9.17) is 4.84 Å². The van der Waals surface area contributed by atoms with Crippen molar-refractivity contribution in [3.05, 3.63) is 81.8 Å². The Morgan fingerprint density at radius 2 is 2.07 bits per heavy atom. The van der Waals surface area contributed by atoms with Gasteiger partial charge in [0.2, 0.25) is 0 Å². The van der Waals surface area contributed by atoms with E-state index in [1.807, 2.05) is 0 Å². The van der Waals surface area contributed by atoms with Crippen LogP contribution in [0.3, 0.4) is 0 Å². The van der Waals surface area contributed by atoms with Gasteiger partial charge in [0.15, 0.2) is 5.78 Å². The Morgan fingerprint density at radius 1 is 1.33 bits per heavy atom. The number of carbonyl (C=O) groups is 2. The zero-order chi connectivity index (χ0) is 20.0. The van der Waals surface area contributed by atoms with Crippen LogP contribution in [0.2, 0.25) is 0 Å². The predicted molar refractivity (Wildman–Crippen MR) is 102 cm³/mol. The lowest BCUT2D eigenvalue weighted by molar-refractivity contribution is 0.0421. The number of hydrogen-bond acceptors (Lipinski definition) is 5. The lowest BCUT2D eigenvalue weighted by atomic mass is 10.1. The number of benzene rings is 1. The Balaban J connectivity index is 2.21. The fourth-order valence-electron chi connectivity index (χ4n) is 2.30. The van der Waals surface area contributed by atoms with Crippen molar-refractivity contribution in [2.24, 2.45) is 7.05 Å². The van der Waals surface area contributed by atoms with Crippen molar-refractivity contribution in [1.29, 1.82) is 0 Å². The molecule has 27 heavy (non-hydrogen) atoms. The quantitative estimate of drug-likeness (QED) is 0.257. The highest BCUT2D eigenvalue weighted by molar-refractivity contribution is 6.08. The molecule has 0 aliphatic rings. The van der Waals surface area contributed by atoms with Crippen molar-refractivity contribution >= 4 is 17.8 Å². The smallest absolute Gasteiger partial charge is 0.274 e. The highest BCUT2D eigenvalue weighted by Crippen LogP contribution is 2.16. The summed E-state index contributed by atoms with van der Waals surface area (Å²) in [5.41, 5.74) is 2.84. The van der Waals surface area contributed by atoms with E-state index >= 15 is 0 Å². The Kier molecular flexibility index (Phi) is 6.46. The van der Waals surface area contributed by atoms with Crippen LogP contribution >= 0.6 is 0 Å². The van der Waals surface area contributed by atoms with Gasteiger partial charge in [0.05, 0.1) is 6.61 Å². The number of ketones is 1. The van der Waals surface area contributed by atoms with Crippen molar-refractivity contribution < 1.29 is 19.5 Å². The van der Waals surface area contributed by atoms with Crippen LogP contribution in [0.1, 0.15) is 32.0 Å². The van der Waals surface area contributed by atoms with E-state index < -0.39 is 17.2 Å². The minimum Gasteiger partial charge on any atom is -0.507 e. The van der Waals surface area contributed by atoms with Crippen molar-refractivity contribution in [3.8, 4) is 5.75 Å². The van der Waals surface area contributed by atoms with E-state index in [0.29, 0.717) is 16.8 Å². The normalized spacial score (nSPS) is 10.7. The molecule has 0 atom stereocenters. The third-order valence-corrected chi connectivity index (χ3v) is 3.84. The largest absolute Gasteiger partial charge is 0.507 e. The van der Waals surface area contributed by atoms with E-state index in [1.54, 1.807) is 31.2 Å². The molecule has 0 bridgehead atoms. The molecule has 0 radical (unpaired) electrons. The molecule has 0 saturated heterocycles. The second kappa shape index (κ2) is 8.77. The maximum absolute atomic E-state index is 12.3. The van der Waals surface area contributed by atoms with Crippen LogP contribution in [0, 0.1) is 6.92 Å². The summed E-state index contributed by atoms with van der Waals surface area (Å²) in [4.78, 5) is 41.4. The summed E-state index contributed by atoms with van der Waals surface area (Å²) < 4.78 is 1.29. The van der Waals surface area contributed by atoms with Crippen LogP contribution in [0.25, 0.3) is 6.08 Å². The van der Waals surface area contributed by atoms with E-state index in [1.165, 1.54) is 35.9 Å². The maximum atomic E-state index is 12.3. The molecule has 2 rings (SSSR count). The molecule has 7 nitrogen and oxygen atoms in total. The van der Waals surface area contributed by atoms with Crippen molar-refractivity contribution in [1.82, 2.24) is 10.0 Å². The predicted octanol–water partition coefficient (Wildman–Crippen LogP) is 2.14. The van der Waals surface area contributed by atoms with E-state index in [2.05, 4.69) is 12.1 Å². The summed E-state index contributed by atoms with van der Waals surface area (Å²) in [7, 11) is 1.52. The number of allylic oxidation sites excluding steroid dienone is 1. The second-order valence-corrected chi connectivity index (χ2v) is 5.76. The van der Waals surface area contributed by atoms with Gasteiger partial charge in [0.1, 0.15) is 11.3 Å². The number of rotatable bonds is 7. The molecule has 0 aliphatic carbocycles. The molecule has 1 aromatic heterocycles. The lowest BCUT2D eigenvalue weighted by Gasteiger charge is -2.07. The summed E-state index contributed by atoms with van der Waals surface area (Å²) in [6.45, 7) is 5.30. The monoisotopic (exact) mass is 368 g/mol. The summed E-state index contributed by atoms with van der Waals surface area (Å²) in [6, 6.07) is 7.85. The molecular formula is C20H20N2O5. The van der Waals surface area contributed by atoms with Crippen LogP contribution in [0.15, 0.2) is 53.9 Å². The van der Waals surface area contributed by atoms with Gasteiger partial charge in [-0.1, -0.05) is 24.3 Å². The first-order chi connectivity index (χ1) is 12.8. The number of amides is 1. The SMILES string of the molecule is C=CCONC(=O)c1cccc(/C=C/C(=O)c2c(O)cc(C)n(C)c2=O)c1. The first-order valence-electron chi connectivity index (χ1n) is 8.10. The Bertz CT molecular complexity index is 973. The Labute approximate surface area is 156 Å². The minimum absolute atomic E-state index is 0.175. The zero-order valence-electron chi connectivity index (χ0n) is 15.1. The number of hydrogen-bond donors (Lipinski definition) is 2. The highest BCUT2D eigenvalue weighted by atomic mass is 16.6. The number of hydroxylamine groups is 1. The molecule has 2 aromatic rings. The summed E-state index contributed by atoms with van der Waals surface area (Å²) >= 11 is 0. The van der Waals surface area contributed by atoms with Crippen LogP contribution in [-0.2, 0) is 11.9 Å². The lowest BCUT2D eigenvalue weighted by Crippen LogP contribution is -2.25. The van der Waals surface area contributed by atoms with Crippen molar-refractivity contribution in [2.45, 2.75) is 6.92 Å². The number of nitrogens with one attached hydrogen (secondary N) is 1. The standard InChI is InChI=1S/C20H20N2O5/c1-4-10-27-21-19(25)15-7-5-6-14(12-15)8-9-16(23)18-17(24)11-13(2)22(3)20(18)26/h4-9,11-12,24H,1,10H2,2-3H3,(H,21,25)/b9-8+. The fourth-order valence-corrected chi connectivity index (χ4v) is 2.30. The number of nitrogens with zero attached hydrogens (tertiary/aromatic N) is 1. The van der Waals surface area contributed by atoms with Gasteiger partial charge < -0.3 is 9.67 Å². The topological polar surface area (TPSA) is 97.6 Å². The van der Waals surface area contributed by atoms with Gasteiger partial charge in [0.25, 0.3) is 11.5 Å². The number of aromatic nitrogens is 1. The molecule has 140 valence electrons. The van der Waals surface area contributed by atoms with Gasteiger partial charge in [-0.15, -0.1) is 6.58 Å². The minimum atomic E-state index is -0.628. The average Bonchev–Trinajstić information content (AvgIpc) is 2.65. The van der Waals surface area contributed by atoms with E-state index in [9.17, 15) is 19.5 Å². The molecule has 2 N–H and O–H groups in total. The Morgan fingerprint density at radius 3 is 2.78 bits per heavy atom. The second-order valence-electron chi connectivity index (χ2n) is 5.76.